The fourth-order valence-corrected chi connectivity index (χ4v) is 5.06. The van der Waals surface area contributed by atoms with Gasteiger partial charge in [-0.25, -0.2) is 0 Å². The minimum atomic E-state index is -0.0173. The number of benzene rings is 3. The van der Waals surface area contributed by atoms with Gasteiger partial charge in [-0.3, -0.25) is 4.79 Å². The van der Waals surface area contributed by atoms with E-state index in [-0.39, 0.29) is 24.4 Å². The number of phenolic OH excluding ortho intramolecular Hbond substituents is 1. The van der Waals surface area contributed by atoms with Crippen LogP contribution in [0.1, 0.15) is 30.0 Å². The normalized spacial score (nSPS) is 11.1. The number of ketones is 1. The van der Waals surface area contributed by atoms with Gasteiger partial charge in [-0.1, -0.05) is 18.2 Å². The Kier molecular flexibility index (Phi) is 11.2. The molecule has 1 heterocycles. The van der Waals surface area contributed by atoms with Crippen LogP contribution in [0.15, 0.2) is 59.2 Å². The van der Waals surface area contributed by atoms with Crippen molar-refractivity contribution in [1.29, 1.82) is 0 Å². The number of fused-ring (bicyclic) bond motifs is 1. The Morgan fingerprint density at radius 1 is 0.837 bits per heavy atom. The van der Waals surface area contributed by atoms with Gasteiger partial charge in [0.15, 0.2) is 22.8 Å². The number of methoxy groups -OCH3 is 3. The lowest BCUT2D eigenvalue weighted by molar-refractivity contribution is -0.117. The minimum Gasteiger partial charge on any atom is -0.508 e. The molecule has 3 aromatic carbocycles. The maximum atomic E-state index is 13.3. The molecule has 43 heavy (non-hydrogen) atoms. The average molecular weight is 592 g/mol. The number of ether oxygens (including phenoxy) is 5. The molecule has 230 valence electrons. The molecule has 9 heteroatoms. The van der Waals surface area contributed by atoms with Gasteiger partial charge in [0.25, 0.3) is 0 Å². The Bertz CT molecular complexity index is 1490. The third-order valence-electron chi connectivity index (χ3n) is 7.24. The quantitative estimate of drug-likeness (QED) is 0.151. The highest BCUT2D eigenvalue weighted by atomic mass is 16.5. The molecule has 0 aliphatic rings. The Labute approximate surface area is 252 Å². The summed E-state index contributed by atoms with van der Waals surface area (Å²) in [5.41, 5.74) is 3.14. The molecule has 0 fully saturated rings. The van der Waals surface area contributed by atoms with Crippen molar-refractivity contribution in [2.24, 2.45) is 0 Å². The average Bonchev–Trinajstić information content (AvgIpc) is 3.50. The highest BCUT2D eigenvalue weighted by Crippen LogP contribution is 2.47. The monoisotopic (exact) mass is 591 g/mol. The summed E-state index contributed by atoms with van der Waals surface area (Å²) in [7, 11) is 6.91. The van der Waals surface area contributed by atoms with Crippen LogP contribution in [-0.4, -0.2) is 70.5 Å². The molecule has 1 aromatic heterocycles. The molecule has 0 unspecified atom stereocenters. The smallest absolute Gasteiger partial charge is 0.205 e. The SMILES string of the molecule is CCOc1c(CC(=O)Cc2ccc(O)cc2)c(OCCCN(C)CCc2ccc(OC)c(OC)c2)c(OC)c2occc12. The number of carbonyl (C=O) groups excluding carboxylic acids is 1. The number of likely N-dealkylation sites (N-methyl/N-ethyl adjacent to an activating group) is 1. The van der Waals surface area contributed by atoms with Crippen LogP contribution >= 0.6 is 0 Å². The fraction of sp³-hybridized carbons (Fsp3) is 0.382. The number of rotatable bonds is 17. The second-order valence-electron chi connectivity index (χ2n) is 10.3. The van der Waals surface area contributed by atoms with Gasteiger partial charge in [0.2, 0.25) is 5.75 Å². The van der Waals surface area contributed by atoms with Crippen LogP contribution in [0, 0.1) is 0 Å². The second kappa shape index (κ2) is 15.2. The van der Waals surface area contributed by atoms with E-state index in [1.54, 1.807) is 51.9 Å². The maximum Gasteiger partial charge on any atom is 0.205 e. The molecule has 0 spiro atoms. The fourth-order valence-electron chi connectivity index (χ4n) is 5.06. The van der Waals surface area contributed by atoms with E-state index in [1.165, 1.54) is 5.56 Å². The Morgan fingerprint density at radius 2 is 1.58 bits per heavy atom. The lowest BCUT2D eigenvalue weighted by Gasteiger charge is -2.21. The summed E-state index contributed by atoms with van der Waals surface area (Å²) in [5, 5.41) is 10.3. The third kappa shape index (κ3) is 7.93. The summed E-state index contributed by atoms with van der Waals surface area (Å²) in [5.74, 6) is 3.05. The van der Waals surface area contributed by atoms with Crippen molar-refractivity contribution >= 4 is 16.8 Å². The molecule has 0 atom stereocenters. The molecule has 0 saturated heterocycles. The number of nitrogens with zero attached hydrogens (tertiary/aromatic N) is 1. The van der Waals surface area contributed by atoms with Crippen molar-refractivity contribution in [2.45, 2.75) is 32.6 Å². The van der Waals surface area contributed by atoms with E-state index in [0.29, 0.717) is 47.4 Å². The van der Waals surface area contributed by atoms with Crippen LogP contribution in [-0.2, 0) is 24.1 Å². The van der Waals surface area contributed by atoms with E-state index in [0.717, 1.165) is 42.6 Å². The zero-order valence-corrected chi connectivity index (χ0v) is 25.6. The molecular weight excluding hydrogens is 550 g/mol. The molecule has 9 nitrogen and oxygen atoms in total. The zero-order valence-electron chi connectivity index (χ0n) is 25.6. The lowest BCUT2D eigenvalue weighted by Crippen LogP contribution is -2.24. The van der Waals surface area contributed by atoms with Gasteiger partial charge in [0.05, 0.1) is 46.2 Å². The standard InChI is InChI=1S/C34H41NO8/c1-6-41-31-27-15-19-43-32(27)34(40-5)33(28(31)22-26(37)20-23-8-11-25(36)12-9-23)42-18-7-16-35(2)17-14-24-10-13-29(38-3)30(21-24)39-4/h8-13,15,19,21,36H,6-7,14,16-18,20,22H2,1-5H3. The summed E-state index contributed by atoms with van der Waals surface area (Å²) in [6.45, 7) is 4.40. The van der Waals surface area contributed by atoms with Crippen LogP contribution in [0.2, 0.25) is 0 Å². The van der Waals surface area contributed by atoms with Gasteiger partial charge in [-0.05, 0) is 68.3 Å². The van der Waals surface area contributed by atoms with E-state index in [1.807, 2.05) is 25.1 Å². The molecule has 4 aromatic rings. The van der Waals surface area contributed by atoms with Crippen molar-refractivity contribution in [3.8, 4) is 34.5 Å². The van der Waals surface area contributed by atoms with Crippen molar-refractivity contribution in [3.05, 3.63) is 71.5 Å². The maximum absolute atomic E-state index is 13.3. The zero-order chi connectivity index (χ0) is 30.8. The number of Topliss-reactive ketones (excluding diaryl/α,β-unsaturated/α-hetero) is 1. The van der Waals surface area contributed by atoms with Crippen LogP contribution in [0.5, 0.6) is 34.5 Å². The molecule has 4 rings (SSSR count). The molecule has 0 amide bonds. The number of aromatic hydroxyl groups is 1. The summed E-state index contributed by atoms with van der Waals surface area (Å²) in [4.78, 5) is 15.5. The van der Waals surface area contributed by atoms with Gasteiger partial charge < -0.3 is 38.1 Å². The summed E-state index contributed by atoms with van der Waals surface area (Å²) in [6.07, 6.45) is 3.50. The van der Waals surface area contributed by atoms with Crippen LogP contribution in [0.25, 0.3) is 11.0 Å². The summed E-state index contributed by atoms with van der Waals surface area (Å²) in [6, 6.07) is 14.4. The number of hydrogen-bond acceptors (Lipinski definition) is 9. The van der Waals surface area contributed by atoms with Gasteiger partial charge >= 0.3 is 0 Å². The van der Waals surface area contributed by atoms with Crippen LogP contribution in [0.4, 0.5) is 0 Å². The van der Waals surface area contributed by atoms with Crippen molar-refractivity contribution < 1.29 is 38.0 Å². The van der Waals surface area contributed by atoms with Crippen molar-refractivity contribution in [2.75, 3.05) is 54.7 Å². The molecular formula is C34H41NO8. The number of hydrogen-bond donors (Lipinski definition) is 1. The predicted octanol–water partition coefficient (Wildman–Crippen LogP) is 5.86. The number of furan rings is 1. The van der Waals surface area contributed by atoms with E-state index in [4.69, 9.17) is 28.1 Å². The Morgan fingerprint density at radius 3 is 2.28 bits per heavy atom. The van der Waals surface area contributed by atoms with Gasteiger partial charge in [0, 0.05) is 31.5 Å². The first-order chi connectivity index (χ1) is 20.9. The van der Waals surface area contributed by atoms with Crippen molar-refractivity contribution in [1.82, 2.24) is 4.90 Å². The second-order valence-corrected chi connectivity index (χ2v) is 10.3. The molecule has 0 aliphatic heterocycles. The lowest BCUT2D eigenvalue weighted by atomic mass is 9.99. The first-order valence-corrected chi connectivity index (χ1v) is 14.4. The first kappa shape index (κ1) is 31.6. The minimum absolute atomic E-state index is 0.0173. The van der Waals surface area contributed by atoms with E-state index in [9.17, 15) is 9.90 Å². The van der Waals surface area contributed by atoms with Crippen LogP contribution in [0.3, 0.4) is 0 Å². The molecule has 0 radical (unpaired) electrons. The predicted molar refractivity (Wildman–Crippen MR) is 165 cm³/mol. The van der Waals surface area contributed by atoms with E-state index < -0.39 is 0 Å². The number of carbonyl (C=O) groups is 1. The molecule has 0 bridgehead atoms. The Hall–Kier alpha value is -4.37. The molecule has 0 aliphatic carbocycles. The number of phenols is 1. The van der Waals surface area contributed by atoms with E-state index in [2.05, 4.69) is 18.0 Å². The highest BCUT2D eigenvalue weighted by Gasteiger charge is 2.26. The molecule has 1 N–H and O–H groups in total. The van der Waals surface area contributed by atoms with Gasteiger partial charge in [-0.2, -0.15) is 0 Å². The third-order valence-corrected chi connectivity index (χ3v) is 7.24. The van der Waals surface area contributed by atoms with Crippen molar-refractivity contribution in [3.63, 3.8) is 0 Å². The highest BCUT2D eigenvalue weighted by molar-refractivity contribution is 5.96. The molecule has 0 saturated carbocycles. The van der Waals surface area contributed by atoms with Gasteiger partial charge in [0.1, 0.15) is 17.3 Å². The topological polar surface area (TPSA) is 99.8 Å². The van der Waals surface area contributed by atoms with Crippen LogP contribution < -0.4 is 23.7 Å². The first-order valence-electron chi connectivity index (χ1n) is 14.4. The summed E-state index contributed by atoms with van der Waals surface area (Å²) >= 11 is 0. The van der Waals surface area contributed by atoms with Gasteiger partial charge in [-0.15, -0.1) is 0 Å². The van der Waals surface area contributed by atoms with E-state index >= 15 is 0 Å². The summed E-state index contributed by atoms with van der Waals surface area (Å²) < 4.78 is 34.7. The largest absolute Gasteiger partial charge is 0.508 e. The Balaban J connectivity index is 1.45.